The predicted octanol–water partition coefficient (Wildman–Crippen LogP) is 3.34. The SMILES string of the molecule is C[C@]12CC[C@H]3[C@@H](CC[C@]4(O)C[C@@H](O)CC[C@]34C=O)C1=CC[C@@H]2c1ccc(=O)oc1. The van der Waals surface area contributed by atoms with Gasteiger partial charge in [0.2, 0.25) is 0 Å². The molecule has 4 aliphatic carbocycles. The molecule has 3 fully saturated rings. The summed E-state index contributed by atoms with van der Waals surface area (Å²) in [6, 6.07) is 3.39. The van der Waals surface area contributed by atoms with Crippen LogP contribution in [0.4, 0.5) is 0 Å². The third-order valence-electron chi connectivity index (χ3n) is 9.06. The summed E-state index contributed by atoms with van der Waals surface area (Å²) in [5.41, 5.74) is 0.342. The summed E-state index contributed by atoms with van der Waals surface area (Å²) in [4.78, 5) is 23.9. The Morgan fingerprint density at radius 1 is 1.17 bits per heavy atom. The summed E-state index contributed by atoms with van der Waals surface area (Å²) < 4.78 is 5.15. The first-order valence-corrected chi connectivity index (χ1v) is 11.0. The van der Waals surface area contributed by atoms with Crippen molar-refractivity contribution in [2.45, 2.75) is 75.9 Å². The summed E-state index contributed by atoms with van der Waals surface area (Å²) in [6.45, 7) is 2.32. The molecular weight excluding hydrogens is 368 g/mol. The van der Waals surface area contributed by atoms with Crippen LogP contribution in [0.2, 0.25) is 0 Å². The van der Waals surface area contributed by atoms with Gasteiger partial charge in [-0.25, -0.2) is 4.79 Å². The van der Waals surface area contributed by atoms with Gasteiger partial charge in [0.1, 0.15) is 6.29 Å². The molecule has 5 heteroatoms. The average Bonchev–Trinajstić information content (AvgIpc) is 3.05. The van der Waals surface area contributed by atoms with Crippen molar-refractivity contribution in [2.24, 2.45) is 22.7 Å². The van der Waals surface area contributed by atoms with Crippen LogP contribution in [0.3, 0.4) is 0 Å². The molecule has 1 aromatic rings. The first kappa shape index (κ1) is 19.3. The number of rotatable bonds is 2. The molecule has 0 saturated heterocycles. The van der Waals surface area contributed by atoms with Gasteiger partial charge in [-0.1, -0.05) is 18.6 Å². The predicted molar refractivity (Wildman–Crippen MR) is 107 cm³/mol. The highest BCUT2D eigenvalue weighted by Gasteiger charge is 2.65. The maximum Gasteiger partial charge on any atom is 0.335 e. The Morgan fingerprint density at radius 3 is 2.72 bits per heavy atom. The minimum absolute atomic E-state index is 0.00516. The van der Waals surface area contributed by atoms with Crippen LogP contribution in [-0.4, -0.2) is 28.2 Å². The fourth-order valence-electron chi connectivity index (χ4n) is 7.59. The van der Waals surface area contributed by atoms with Gasteiger partial charge < -0.3 is 19.4 Å². The molecule has 156 valence electrons. The van der Waals surface area contributed by atoms with E-state index in [-0.39, 0.29) is 22.9 Å². The van der Waals surface area contributed by atoms with Gasteiger partial charge in [-0.3, -0.25) is 0 Å². The monoisotopic (exact) mass is 398 g/mol. The Kier molecular flexibility index (Phi) is 4.24. The summed E-state index contributed by atoms with van der Waals surface area (Å²) in [5, 5.41) is 21.6. The van der Waals surface area contributed by atoms with Gasteiger partial charge in [0, 0.05) is 12.5 Å². The number of carbonyl (C=O) groups is 1. The second-order valence-electron chi connectivity index (χ2n) is 10.1. The van der Waals surface area contributed by atoms with Crippen molar-refractivity contribution in [3.63, 3.8) is 0 Å². The van der Waals surface area contributed by atoms with Crippen LogP contribution < -0.4 is 5.63 Å². The maximum atomic E-state index is 12.5. The van der Waals surface area contributed by atoms with Crippen LogP contribution in [0, 0.1) is 22.7 Å². The molecule has 1 aromatic heterocycles. The lowest BCUT2D eigenvalue weighted by Gasteiger charge is -2.61. The molecule has 3 saturated carbocycles. The van der Waals surface area contributed by atoms with E-state index in [9.17, 15) is 19.8 Å². The van der Waals surface area contributed by atoms with Crippen molar-refractivity contribution in [1.29, 1.82) is 0 Å². The van der Waals surface area contributed by atoms with E-state index in [1.807, 2.05) is 6.07 Å². The molecule has 0 spiro atoms. The van der Waals surface area contributed by atoms with Crippen LogP contribution >= 0.6 is 0 Å². The van der Waals surface area contributed by atoms with E-state index in [1.165, 1.54) is 11.6 Å². The van der Waals surface area contributed by atoms with Gasteiger partial charge in [0.05, 0.1) is 23.4 Å². The van der Waals surface area contributed by atoms with Crippen molar-refractivity contribution in [1.82, 2.24) is 0 Å². The van der Waals surface area contributed by atoms with Crippen molar-refractivity contribution in [2.75, 3.05) is 0 Å². The van der Waals surface area contributed by atoms with Crippen LogP contribution in [0.5, 0.6) is 0 Å². The number of aliphatic hydroxyl groups is 2. The smallest absolute Gasteiger partial charge is 0.335 e. The number of fused-ring (bicyclic) bond motifs is 5. The number of carbonyl (C=O) groups excluding carboxylic acids is 1. The molecule has 0 bridgehead atoms. The fraction of sp³-hybridized carbons (Fsp3) is 0.667. The Labute approximate surface area is 170 Å². The van der Waals surface area contributed by atoms with Gasteiger partial charge >= 0.3 is 5.63 Å². The van der Waals surface area contributed by atoms with Crippen LogP contribution in [0.1, 0.15) is 69.8 Å². The Balaban J connectivity index is 1.49. The average molecular weight is 398 g/mol. The molecular formula is C24H30O5. The molecule has 0 aromatic carbocycles. The van der Waals surface area contributed by atoms with Crippen molar-refractivity contribution in [3.05, 3.63) is 46.0 Å². The van der Waals surface area contributed by atoms with E-state index < -0.39 is 17.1 Å². The minimum atomic E-state index is -1.08. The van der Waals surface area contributed by atoms with Crippen molar-refractivity contribution < 1.29 is 19.4 Å². The molecule has 0 unspecified atom stereocenters. The molecule has 7 atom stereocenters. The summed E-state index contributed by atoms with van der Waals surface area (Å²) >= 11 is 0. The topological polar surface area (TPSA) is 87.7 Å². The van der Waals surface area contributed by atoms with Gasteiger partial charge in [-0.2, -0.15) is 0 Å². The van der Waals surface area contributed by atoms with Crippen LogP contribution in [0.15, 0.2) is 39.3 Å². The van der Waals surface area contributed by atoms with Crippen molar-refractivity contribution >= 4 is 6.29 Å². The Bertz CT molecular complexity index is 898. The van der Waals surface area contributed by atoms with Gasteiger partial charge in [-0.05, 0) is 79.7 Å². The molecule has 0 aliphatic heterocycles. The summed E-state index contributed by atoms with van der Waals surface area (Å²) in [7, 11) is 0. The number of allylic oxidation sites excluding steroid dienone is 2. The maximum absolute atomic E-state index is 12.5. The third kappa shape index (κ3) is 2.53. The van der Waals surface area contributed by atoms with Crippen molar-refractivity contribution in [3.8, 4) is 0 Å². The second-order valence-corrected chi connectivity index (χ2v) is 10.1. The number of aliphatic hydroxyl groups excluding tert-OH is 1. The first-order valence-electron chi connectivity index (χ1n) is 11.0. The molecule has 5 rings (SSSR count). The van der Waals surface area contributed by atoms with E-state index in [0.29, 0.717) is 31.6 Å². The third-order valence-corrected chi connectivity index (χ3v) is 9.06. The number of hydrogen-bond donors (Lipinski definition) is 2. The fourth-order valence-corrected chi connectivity index (χ4v) is 7.59. The zero-order valence-corrected chi connectivity index (χ0v) is 17.0. The highest BCUT2D eigenvalue weighted by atomic mass is 16.4. The minimum Gasteiger partial charge on any atom is -0.431 e. The van der Waals surface area contributed by atoms with Gasteiger partial charge in [0.15, 0.2) is 0 Å². The number of hydrogen-bond acceptors (Lipinski definition) is 5. The Morgan fingerprint density at radius 2 is 2.00 bits per heavy atom. The van der Waals surface area contributed by atoms with E-state index in [2.05, 4.69) is 13.0 Å². The number of aldehydes is 1. The van der Waals surface area contributed by atoms with Gasteiger partial charge in [-0.15, -0.1) is 0 Å². The molecule has 4 aliphatic rings. The lowest BCUT2D eigenvalue weighted by atomic mass is 9.44. The lowest BCUT2D eigenvalue weighted by Crippen LogP contribution is -2.64. The molecule has 5 nitrogen and oxygen atoms in total. The largest absolute Gasteiger partial charge is 0.431 e. The molecule has 2 N–H and O–H groups in total. The quantitative estimate of drug-likeness (QED) is 0.589. The molecule has 29 heavy (non-hydrogen) atoms. The molecule has 0 amide bonds. The highest BCUT2D eigenvalue weighted by molar-refractivity contribution is 5.64. The lowest BCUT2D eigenvalue weighted by molar-refractivity contribution is -0.200. The van der Waals surface area contributed by atoms with Crippen LogP contribution in [-0.2, 0) is 4.79 Å². The first-order chi connectivity index (χ1) is 13.8. The van der Waals surface area contributed by atoms with Crippen LogP contribution in [0.25, 0.3) is 0 Å². The summed E-state index contributed by atoms with van der Waals surface area (Å²) in [6.07, 6.45) is 10.2. The Hall–Kier alpha value is -1.72. The highest BCUT2D eigenvalue weighted by Crippen LogP contribution is 2.67. The molecule has 0 radical (unpaired) electrons. The summed E-state index contributed by atoms with van der Waals surface area (Å²) in [5.74, 6) is 0.720. The zero-order valence-electron chi connectivity index (χ0n) is 17.0. The standard InChI is InChI=1S/C24H30O5/c1-22-9-8-20-17(7-11-24(28)12-16(26)6-10-23(20,24)14-25)19(22)4-3-18(22)15-2-5-21(27)29-13-15/h2,4-5,13-14,16-18,20,26,28H,3,6-12H2,1H3/t16-,17-,18+,20-,22+,23-,24-/m0/s1. The van der Waals surface area contributed by atoms with Gasteiger partial charge in [0.25, 0.3) is 0 Å². The zero-order chi connectivity index (χ0) is 20.4. The van der Waals surface area contributed by atoms with E-state index >= 15 is 0 Å². The molecule has 1 heterocycles. The van der Waals surface area contributed by atoms with E-state index in [1.54, 1.807) is 6.26 Å². The normalized spacial score (nSPS) is 46.2. The second kappa shape index (κ2) is 6.39. The van der Waals surface area contributed by atoms with E-state index in [4.69, 9.17) is 4.42 Å². The van der Waals surface area contributed by atoms with E-state index in [0.717, 1.165) is 37.5 Å².